The van der Waals surface area contributed by atoms with E-state index in [9.17, 15) is 4.79 Å². The van der Waals surface area contributed by atoms with Crippen molar-refractivity contribution in [3.63, 3.8) is 0 Å². The van der Waals surface area contributed by atoms with Gasteiger partial charge in [0.2, 0.25) is 0 Å². The zero-order chi connectivity index (χ0) is 12.1. The van der Waals surface area contributed by atoms with Crippen molar-refractivity contribution in [1.29, 1.82) is 0 Å². The number of nitrogens with zero attached hydrogens (tertiary/aromatic N) is 3. The molecule has 0 atom stereocenters. The maximum atomic E-state index is 10.8. The average molecular weight is 294 g/mol. The molecule has 0 aliphatic carbocycles. The molecule has 0 bridgehead atoms. The molecule has 1 aromatic carbocycles. The Morgan fingerprint density at radius 2 is 2.35 bits per heavy atom. The van der Waals surface area contributed by atoms with Gasteiger partial charge in [-0.05, 0) is 17.7 Å². The Hall–Kier alpha value is -2.02. The lowest BCUT2D eigenvalue weighted by atomic mass is 10.2. The van der Waals surface area contributed by atoms with E-state index in [0.29, 0.717) is 5.82 Å². The minimum absolute atomic E-state index is 0.292. The number of rotatable bonds is 3. The van der Waals surface area contributed by atoms with Crippen LogP contribution in [0.5, 0.6) is 0 Å². The predicted octanol–water partition coefficient (Wildman–Crippen LogP) is 1.37. The maximum Gasteiger partial charge on any atom is 0.363 e. The van der Waals surface area contributed by atoms with Crippen molar-refractivity contribution in [3.05, 3.63) is 51.0 Å². The van der Waals surface area contributed by atoms with E-state index in [4.69, 9.17) is 0 Å². The number of anilines is 1. The number of hydrazone groups is 1. The smallest absolute Gasteiger partial charge is 0.260 e. The molecule has 17 heavy (non-hydrogen) atoms. The lowest BCUT2D eigenvalue weighted by molar-refractivity contribution is 0.913. The van der Waals surface area contributed by atoms with Gasteiger partial charge < -0.3 is 0 Å². The number of aromatic amines is 1. The molecule has 0 aliphatic rings. The lowest BCUT2D eigenvalue weighted by Crippen LogP contribution is -2.13. The van der Waals surface area contributed by atoms with E-state index in [-0.39, 0.29) is 0 Å². The molecule has 0 fully saturated rings. The first-order chi connectivity index (χ1) is 8.24. The van der Waals surface area contributed by atoms with Crippen molar-refractivity contribution in [3.8, 4) is 0 Å². The highest BCUT2D eigenvalue weighted by atomic mass is 79.9. The monoisotopic (exact) mass is 293 g/mol. The summed E-state index contributed by atoms with van der Waals surface area (Å²) in [5.74, 6) is 0.292. The molecule has 2 N–H and O–H groups in total. The number of benzene rings is 1. The molecule has 86 valence electrons. The Labute approximate surface area is 105 Å². The van der Waals surface area contributed by atoms with Gasteiger partial charge in [0.15, 0.2) is 5.82 Å². The fourth-order valence-corrected chi connectivity index (χ4v) is 1.54. The van der Waals surface area contributed by atoms with Gasteiger partial charge in [0, 0.05) is 4.47 Å². The first-order valence-corrected chi connectivity index (χ1v) is 5.50. The normalized spacial score (nSPS) is 10.6. The summed E-state index contributed by atoms with van der Waals surface area (Å²) in [6.45, 7) is 0. The number of aromatic nitrogens is 3. The van der Waals surface area contributed by atoms with Crippen molar-refractivity contribution in [2.75, 3.05) is 5.43 Å². The summed E-state index contributed by atoms with van der Waals surface area (Å²) in [6.07, 6.45) is 2.99. The minimum Gasteiger partial charge on any atom is -0.260 e. The Morgan fingerprint density at radius 1 is 1.47 bits per heavy atom. The second-order valence-electron chi connectivity index (χ2n) is 3.10. The van der Waals surface area contributed by atoms with Gasteiger partial charge in [0.25, 0.3) is 0 Å². The van der Waals surface area contributed by atoms with Crippen LogP contribution in [-0.2, 0) is 0 Å². The number of H-pyrrole nitrogens is 1. The number of nitrogens with one attached hydrogen (secondary N) is 2. The number of hydrogen-bond acceptors (Lipinski definition) is 5. The van der Waals surface area contributed by atoms with Crippen molar-refractivity contribution < 1.29 is 0 Å². The Balaban J connectivity index is 2.05. The van der Waals surface area contributed by atoms with Crippen LogP contribution in [0.15, 0.2) is 44.8 Å². The molecule has 0 amide bonds. The van der Waals surface area contributed by atoms with Gasteiger partial charge in [-0.3, -0.25) is 5.43 Å². The largest absolute Gasteiger partial charge is 0.363 e. The predicted molar refractivity (Wildman–Crippen MR) is 68.0 cm³/mol. The highest BCUT2D eigenvalue weighted by Crippen LogP contribution is 2.09. The third-order valence-electron chi connectivity index (χ3n) is 1.81. The van der Waals surface area contributed by atoms with Gasteiger partial charge in [-0.15, -0.1) is 0 Å². The Bertz CT molecular complexity index is 595. The summed E-state index contributed by atoms with van der Waals surface area (Å²) in [6, 6.07) is 7.64. The van der Waals surface area contributed by atoms with Gasteiger partial charge in [-0.25, -0.2) is 9.89 Å². The van der Waals surface area contributed by atoms with Crippen molar-refractivity contribution >= 4 is 28.0 Å². The quantitative estimate of drug-likeness (QED) is 0.661. The zero-order valence-electron chi connectivity index (χ0n) is 8.59. The summed E-state index contributed by atoms with van der Waals surface area (Å²) >= 11 is 3.36. The van der Waals surface area contributed by atoms with Crippen LogP contribution < -0.4 is 11.1 Å². The molecule has 0 unspecified atom stereocenters. The molecule has 2 aromatic rings. The molecule has 0 spiro atoms. The Morgan fingerprint density at radius 3 is 3.12 bits per heavy atom. The van der Waals surface area contributed by atoms with Crippen LogP contribution in [0, 0.1) is 0 Å². The number of hydrogen-bond donors (Lipinski definition) is 2. The van der Waals surface area contributed by atoms with E-state index in [1.54, 1.807) is 6.21 Å². The standard InChI is InChI=1S/C10H8BrN5O/c11-8-3-1-2-7(4-8)5-12-15-9-6-13-16-10(17)14-9/h1-6H,(H2,14,15,16,17)/b12-5-. The first-order valence-electron chi connectivity index (χ1n) is 4.70. The van der Waals surface area contributed by atoms with Crippen LogP contribution in [0.2, 0.25) is 0 Å². The molecule has 0 radical (unpaired) electrons. The highest BCUT2D eigenvalue weighted by Gasteiger charge is 1.92. The van der Waals surface area contributed by atoms with Crippen LogP contribution in [0.25, 0.3) is 0 Å². The summed E-state index contributed by atoms with van der Waals surface area (Å²) in [4.78, 5) is 14.5. The van der Waals surface area contributed by atoms with Crippen LogP contribution >= 0.6 is 15.9 Å². The molecular weight excluding hydrogens is 286 g/mol. The molecule has 7 heteroatoms. The van der Waals surface area contributed by atoms with Gasteiger partial charge in [-0.1, -0.05) is 28.1 Å². The van der Waals surface area contributed by atoms with E-state index >= 15 is 0 Å². The third-order valence-corrected chi connectivity index (χ3v) is 2.30. The van der Waals surface area contributed by atoms with Gasteiger partial charge in [0.1, 0.15) is 0 Å². The second-order valence-corrected chi connectivity index (χ2v) is 4.01. The SMILES string of the molecule is O=c1nc(N/N=C\c2cccc(Br)c2)cn[nH]1. The third kappa shape index (κ3) is 3.49. The van der Waals surface area contributed by atoms with Crippen molar-refractivity contribution in [2.45, 2.75) is 0 Å². The van der Waals surface area contributed by atoms with Gasteiger partial charge in [-0.2, -0.15) is 15.2 Å². The minimum atomic E-state index is -0.521. The van der Waals surface area contributed by atoms with Crippen molar-refractivity contribution in [1.82, 2.24) is 15.2 Å². The molecule has 1 aromatic heterocycles. The maximum absolute atomic E-state index is 10.8. The number of halogens is 1. The van der Waals surface area contributed by atoms with Crippen LogP contribution in [0.4, 0.5) is 5.82 Å². The zero-order valence-corrected chi connectivity index (χ0v) is 10.2. The molecule has 1 heterocycles. The topological polar surface area (TPSA) is 83.0 Å². The van der Waals surface area contributed by atoms with Crippen LogP contribution in [-0.4, -0.2) is 21.4 Å². The molecule has 2 rings (SSSR count). The van der Waals surface area contributed by atoms with E-state index in [2.05, 4.69) is 41.6 Å². The Kier molecular flexibility index (Phi) is 3.61. The highest BCUT2D eigenvalue weighted by molar-refractivity contribution is 9.10. The molecular formula is C10H8BrN5O. The average Bonchev–Trinajstić information content (AvgIpc) is 2.29. The summed E-state index contributed by atoms with van der Waals surface area (Å²) in [5.41, 5.74) is 3.01. The summed E-state index contributed by atoms with van der Waals surface area (Å²) in [7, 11) is 0. The van der Waals surface area contributed by atoms with Crippen LogP contribution in [0.1, 0.15) is 5.56 Å². The summed E-state index contributed by atoms with van der Waals surface area (Å²) in [5, 5.41) is 9.70. The second kappa shape index (κ2) is 5.35. The molecule has 0 saturated heterocycles. The van der Waals surface area contributed by atoms with E-state index < -0.39 is 5.69 Å². The lowest BCUT2D eigenvalue weighted by Gasteiger charge is -1.96. The fourth-order valence-electron chi connectivity index (χ4n) is 1.13. The molecule has 0 aliphatic heterocycles. The van der Waals surface area contributed by atoms with E-state index in [0.717, 1.165) is 10.0 Å². The van der Waals surface area contributed by atoms with Crippen LogP contribution in [0.3, 0.4) is 0 Å². The van der Waals surface area contributed by atoms with E-state index in [1.807, 2.05) is 24.3 Å². The van der Waals surface area contributed by atoms with Gasteiger partial charge >= 0.3 is 5.69 Å². The first kappa shape index (κ1) is 11.5. The molecule has 0 saturated carbocycles. The molecule has 6 nitrogen and oxygen atoms in total. The summed E-state index contributed by atoms with van der Waals surface area (Å²) < 4.78 is 0.970. The van der Waals surface area contributed by atoms with Crippen molar-refractivity contribution in [2.24, 2.45) is 5.10 Å². The van der Waals surface area contributed by atoms with Gasteiger partial charge in [0.05, 0.1) is 12.4 Å². The fraction of sp³-hybridized carbons (Fsp3) is 0. The van der Waals surface area contributed by atoms with E-state index in [1.165, 1.54) is 6.20 Å².